The SMILES string of the molecule is c1ccc(-c2nc(-c3ccc(-c4cccc5c4sc4ccccc45)c(-c4ccccc4)c3)nc(-c3ccc4c(c3)oc3ccccc34)n2)cc1. The zero-order chi connectivity index (χ0) is 33.0. The van der Waals surface area contributed by atoms with Crippen LogP contribution in [0.3, 0.4) is 0 Å². The topological polar surface area (TPSA) is 51.8 Å². The highest BCUT2D eigenvalue weighted by molar-refractivity contribution is 7.26. The molecule has 0 saturated carbocycles. The average molecular weight is 658 g/mol. The molecule has 5 heteroatoms. The fourth-order valence-electron chi connectivity index (χ4n) is 6.95. The fourth-order valence-corrected chi connectivity index (χ4v) is 8.18. The molecule has 7 aromatic carbocycles. The summed E-state index contributed by atoms with van der Waals surface area (Å²) < 4.78 is 8.82. The lowest BCUT2D eigenvalue weighted by Gasteiger charge is -2.14. The molecule has 3 aromatic heterocycles. The Labute approximate surface area is 292 Å². The number of fused-ring (bicyclic) bond motifs is 6. The molecular weight excluding hydrogens is 631 g/mol. The van der Waals surface area contributed by atoms with Crippen molar-refractivity contribution in [2.75, 3.05) is 0 Å². The summed E-state index contributed by atoms with van der Waals surface area (Å²) in [5, 5.41) is 4.73. The lowest BCUT2D eigenvalue weighted by atomic mass is 9.92. The summed E-state index contributed by atoms with van der Waals surface area (Å²) in [5.74, 6) is 1.83. The predicted molar refractivity (Wildman–Crippen MR) is 207 cm³/mol. The van der Waals surface area contributed by atoms with Gasteiger partial charge < -0.3 is 4.42 Å². The van der Waals surface area contributed by atoms with Crippen molar-refractivity contribution in [1.29, 1.82) is 0 Å². The number of hydrogen-bond acceptors (Lipinski definition) is 5. The van der Waals surface area contributed by atoms with E-state index in [4.69, 9.17) is 19.4 Å². The maximum absolute atomic E-state index is 6.24. The standard InChI is InChI=1S/C45H27N3OS/c1-3-12-28(13-4-1)38-26-30(22-24-32(38)36-18-11-19-37-35-17-8-10-21-41(35)50-42(36)37)44-46-43(29-14-5-2-6-15-29)47-45(48-44)31-23-25-34-33-16-7-9-20-39(33)49-40(34)27-31/h1-27H. The van der Waals surface area contributed by atoms with Crippen LogP contribution in [0.4, 0.5) is 0 Å². The van der Waals surface area contributed by atoms with E-state index < -0.39 is 0 Å². The molecule has 50 heavy (non-hydrogen) atoms. The van der Waals surface area contributed by atoms with Crippen LogP contribution in [0.5, 0.6) is 0 Å². The van der Waals surface area contributed by atoms with Crippen LogP contribution >= 0.6 is 11.3 Å². The van der Waals surface area contributed by atoms with Gasteiger partial charge in [0, 0.05) is 53.2 Å². The Morgan fingerprint density at radius 1 is 0.360 bits per heavy atom. The molecule has 0 N–H and O–H groups in total. The van der Waals surface area contributed by atoms with Crippen LogP contribution in [0.25, 0.3) is 98.5 Å². The van der Waals surface area contributed by atoms with E-state index in [9.17, 15) is 0 Å². The second-order valence-electron chi connectivity index (χ2n) is 12.4. The van der Waals surface area contributed by atoms with Gasteiger partial charge in [0.05, 0.1) is 0 Å². The summed E-state index contributed by atoms with van der Waals surface area (Å²) in [6.07, 6.45) is 0. The zero-order valence-corrected chi connectivity index (χ0v) is 27.6. The number of aromatic nitrogens is 3. The second kappa shape index (κ2) is 11.6. The van der Waals surface area contributed by atoms with Crippen LogP contribution in [-0.2, 0) is 0 Å². The first kappa shape index (κ1) is 28.6. The molecule has 0 spiro atoms. The number of benzene rings is 7. The number of hydrogen-bond donors (Lipinski definition) is 0. The van der Waals surface area contributed by atoms with E-state index in [1.165, 1.54) is 31.3 Å². The first-order valence-electron chi connectivity index (χ1n) is 16.6. The molecule has 10 aromatic rings. The van der Waals surface area contributed by atoms with E-state index >= 15 is 0 Å². The number of furan rings is 1. The molecule has 3 heterocycles. The van der Waals surface area contributed by atoms with Crippen LogP contribution in [0, 0.1) is 0 Å². The molecule has 0 bridgehead atoms. The van der Waals surface area contributed by atoms with Crippen molar-refractivity contribution in [1.82, 2.24) is 15.0 Å². The molecule has 0 fully saturated rings. The Bertz CT molecular complexity index is 2870. The van der Waals surface area contributed by atoms with Crippen LogP contribution < -0.4 is 0 Å². The Balaban J connectivity index is 1.17. The van der Waals surface area contributed by atoms with E-state index in [2.05, 4.69) is 109 Å². The van der Waals surface area contributed by atoms with Crippen molar-refractivity contribution in [3.8, 4) is 56.4 Å². The summed E-state index contributed by atoms with van der Waals surface area (Å²) in [5.41, 5.74) is 9.03. The Morgan fingerprint density at radius 3 is 1.76 bits per heavy atom. The Morgan fingerprint density at radius 2 is 0.960 bits per heavy atom. The first-order chi connectivity index (χ1) is 24.8. The van der Waals surface area contributed by atoms with E-state index in [-0.39, 0.29) is 0 Å². The molecular formula is C45H27N3OS. The summed E-state index contributed by atoms with van der Waals surface area (Å²) in [6, 6.07) is 56.9. The van der Waals surface area contributed by atoms with E-state index in [0.29, 0.717) is 17.5 Å². The third-order valence-corrected chi connectivity index (χ3v) is 10.6. The van der Waals surface area contributed by atoms with Gasteiger partial charge in [0.2, 0.25) is 0 Å². The van der Waals surface area contributed by atoms with Gasteiger partial charge in [-0.15, -0.1) is 11.3 Å². The molecule has 0 aliphatic carbocycles. The number of rotatable bonds is 5. The van der Waals surface area contributed by atoms with Crippen LogP contribution in [0.2, 0.25) is 0 Å². The van der Waals surface area contributed by atoms with Crippen molar-refractivity contribution in [2.45, 2.75) is 0 Å². The van der Waals surface area contributed by atoms with Crippen LogP contribution in [0.1, 0.15) is 0 Å². The number of thiophene rings is 1. The van der Waals surface area contributed by atoms with Gasteiger partial charge in [0.15, 0.2) is 17.5 Å². The highest BCUT2D eigenvalue weighted by Gasteiger charge is 2.18. The van der Waals surface area contributed by atoms with Gasteiger partial charge in [-0.25, -0.2) is 15.0 Å². The number of para-hydroxylation sites is 1. The number of nitrogens with zero attached hydrogens (tertiary/aromatic N) is 3. The molecule has 0 unspecified atom stereocenters. The van der Waals surface area contributed by atoms with Crippen LogP contribution in [0.15, 0.2) is 168 Å². The van der Waals surface area contributed by atoms with Crippen molar-refractivity contribution < 1.29 is 4.42 Å². The van der Waals surface area contributed by atoms with Crippen molar-refractivity contribution in [3.05, 3.63) is 164 Å². The largest absolute Gasteiger partial charge is 0.456 e. The molecule has 0 atom stereocenters. The molecule has 4 nitrogen and oxygen atoms in total. The van der Waals surface area contributed by atoms with Crippen molar-refractivity contribution in [2.24, 2.45) is 0 Å². The van der Waals surface area contributed by atoms with Gasteiger partial charge >= 0.3 is 0 Å². The summed E-state index contributed by atoms with van der Waals surface area (Å²) in [4.78, 5) is 15.2. The zero-order valence-electron chi connectivity index (χ0n) is 26.7. The average Bonchev–Trinajstić information content (AvgIpc) is 3.76. The van der Waals surface area contributed by atoms with Crippen LogP contribution in [-0.4, -0.2) is 15.0 Å². The normalized spacial score (nSPS) is 11.6. The molecule has 234 valence electrons. The first-order valence-corrected chi connectivity index (χ1v) is 17.4. The molecule has 0 radical (unpaired) electrons. The highest BCUT2D eigenvalue weighted by atomic mass is 32.1. The Hall–Kier alpha value is -6.43. The lowest BCUT2D eigenvalue weighted by molar-refractivity contribution is 0.669. The fraction of sp³-hybridized carbons (Fsp3) is 0. The lowest BCUT2D eigenvalue weighted by Crippen LogP contribution is -2.00. The minimum Gasteiger partial charge on any atom is -0.456 e. The third-order valence-electron chi connectivity index (χ3n) is 9.36. The summed E-state index contributed by atoms with van der Waals surface area (Å²) in [6.45, 7) is 0. The Kier molecular flexibility index (Phi) is 6.64. The highest BCUT2D eigenvalue weighted by Crippen LogP contribution is 2.43. The quantitative estimate of drug-likeness (QED) is 0.185. The van der Waals surface area contributed by atoms with Gasteiger partial charge in [-0.05, 0) is 47.0 Å². The molecule has 0 aliphatic rings. The maximum Gasteiger partial charge on any atom is 0.164 e. The monoisotopic (exact) mass is 657 g/mol. The molecule has 0 saturated heterocycles. The van der Waals surface area contributed by atoms with Crippen molar-refractivity contribution in [3.63, 3.8) is 0 Å². The van der Waals surface area contributed by atoms with Gasteiger partial charge in [-0.1, -0.05) is 133 Å². The minimum atomic E-state index is 0.594. The predicted octanol–water partition coefficient (Wildman–Crippen LogP) is 12.5. The van der Waals surface area contributed by atoms with Gasteiger partial charge in [-0.2, -0.15) is 0 Å². The maximum atomic E-state index is 6.24. The van der Waals surface area contributed by atoms with Gasteiger partial charge in [0.25, 0.3) is 0 Å². The van der Waals surface area contributed by atoms with E-state index in [1.54, 1.807) is 0 Å². The second-order valence-corrected chi connectivity index (χ2v) is 13.4. The minimum absolute atomic E-state index is 0.594. The molecule has 0 amide bonds. The molecule has 10 rings (SSSR count). The molecule has 0 aliphatic heterocycles. The summed E-state index contributed by atoms with van der Waals surface area (Å²) in [7, 11) is 0. The van der Waals surface area contributed by atoms with E-state index in [1.807, 2.05) is 65.9 Å². The third kappa shape index (κ3) is 4.79. The smallest absolute Gasteiger partial charge is 0.164 e. The van der Waals surface area contributed by atoms with Gasteiger partial charge in [-0.3, -0.25) is 0 Å². The van der Waals surface area contributed by atoms with E-state index in [0.717, 1.165) is 49.8 Å². The van der Waals surface area contributed by atoms with Gasteiger partial charge in [0.1, 0.15) is 11.2 Å². The van der Waals surface area contributed by atoms with Crippen molar-refractivity contribution >= 4 is 53.4 Å². The summed E-state index contributed by atoms with van der Waals surface area (Å²) >= 11 is 1.85.